The fraction of sp³-hybridized carbons (Fsp3) is 0.301. The number of nitrogens with one attached hydrogen (secondary N) is 2. The van der Waals surface area contributed by atoms with E-state index in [9.17, 15) is 14.7 Å². The van der Waals surface area contributed by atoms with Crippen LogP contribution in [0.15, 0.2) is 215 Å². The van der Waals surface area contributed by atoms with Gasteiger partial charge in [0.05, 0.1) is 39.6 Å². The lowest BCUT2D eigenvalue weighted by molar-refractivity contribution is -0.0301. The van der Waals surface area contributed by atoms with Crippen molar-refractivity contribution in [3.05, 3.63) is 193 Å². The molecule has 13 rings (SSSR count). The lowest BCUT2D eigenvalue weighted by atomic mass is 10.1. The molecule has 0 saturated carbocycles. The van der Waals surface area contributed by atoms with E-state index in [1.165, 1.54) is 0 Å². The minimum absolute atomic E-state index is 0.0999. The summed E-state index contributed by atoms with van der Waals surface area (Å²) in [5.41, 5.74) is 7.05. The van der Waals surface area contributed by atoms with Gasteiger partial charge in [-0.25, -0.2) is 29.9 Å². The van der Waals surface area contributed by atoms with Crippen LogP contribution in [0.1, 0.15) is 74.0 Å². The molecule has 3 aromatic heterocycles. The number of rotatable bonds is 36. The monoisotopic (exact) mass is 1510 g/mol. The van der Waals surface area contributed by atoms with Gasteiger partial charge in [0.2, 0.25) is 0 Å². The maximum absolute atomic E-state index is 14.2. The number of benzene rings is 8. The minimum atomic E-state index is -0.881. The first-order valence-corrected chi connectivity index (χ1v) is 39.7. The third-order valence-electron chi connectivity index (χ3n) is 18.0. The number of nitrogens with zero attached hydrogens (tertiary/aromatic N) is 9. The molecule has 0 aliphatic carbocycles. The van der Waals surface area contributed by atoms with Gasteiger partial charge >= 0.3 is 0 Å². The van der Waals surface area contributed by atoms with E-state index in [2.05, 4.69) is 52.4 Å². The average Bonchev–Trinajstić information content (AvgIpc) is 1.59. The fourth-order valence-corrected chi connectivity index (χ4v) is 16.7. The van der Waals surface area contributed by atoms with Crippen molar-refractivity contribution in [3.8, 4) is 45.6 Å². The number of aromatic amines is 2. The second-order valence-electron chi connectivity index (χ2n) is 24.8. The van der Waals surface area contributed by atoms with Crippen LogP contribution in [0.5, 0.6) is 0 Å². The van der Waals surface area contributed by atoms with Gasteiger partial charge in [0.25, 0.3) is 11.8 Å². The van der Waals surface area contributed by atoms with Gasteiger partial charge in [0, 0.05) is 173 Å². The third-order valence-corrected chi connectivity index (χ3v) is 22.3. The van der Waals surface area contributed by atoms with Gasteiger partial charge in [-0.1, -0.05) is 126 Å². The van der Waals surface area contributed by atoms with Crippen LogP contribution in [-0.2, 0) is 28.4 Å². The lowest BCUT2D eigenvalue weighted by Gasteiger charge is -2.28. The Kier molecular flexibility index (Phi) is 26.6. The Morgan fingerprint density at radius 1 is 0.364 bits per heavy atom. The van der Waals surface area contributed by atoms with Crippen LogP contribution in [0.2, 0.25) is 0 Å². The molecule has 2 aliphatic heterocycles. The van der Waals surface area contributed by atoms with Crippen molar-refractivity contribution in [1.82, 2.24) is 54.6 Å². The van der Waals surface area contributed by atoms with Gasteiger partial charge in [-0.3, -0.25) is 14.5 Å². The number of aliphatic hydroxyl groups is 1. The van der Waals surface area contributed by atoms with Crippen LogP contribution in [0.25, 0.3) is 89.7 Å². The Morgan fingerprint density at radius 3 is 1.11 bits per heavy atom. The summed E-state index contributed by atoms with van der Waals surface area (Å²) >= 11 is 6.31. The maximum Gasteiger partial charge on any atom is 0.254 e. The summed E-state index contributed by atoms with van der Waals surface area (Å²) in [6, 6.07) is 58.3. The van der Waals surface area contributed by atoms with Gasteiger partial charge in [-0.15, -0.1) is 0 Å². The molecule has 2 aliphatic rings. The van der Waals surface area contributed by atoms with Gasteiger partial charge in [0.15, 0.2) is 23.3 Å². The summed E-state index contributed by atoms with van der Waals surface area (Å²) in [6.07, 6.45) is -0.881. The molecule has 107 heavy (non-hydrogen) atoms. The molecule has 1 unspecified atom stereocenters. The molecule has 5 heterocycles. The van der Waals surface area contributed by atoms with Crippen molar-refractivity contribution in [2.45, 2.75) is 86.9 Å². The van der Waals surface area contributed by atoms with Crippen LogP contribution in [0.4, 0.5) is 0 Å². The van der Waals surface area contributed by atoms with E-state index in [1.807, 2.05) is 180 Å². The second kappa shape index (κ2) is 37.3. The van der Waals surface area contributed by atoms with E-state index < -0.39 is 6.23 Å². The quantitative estimate of drug-likeness (QED) is 0.0245. The predicted octanol–water partition coefficient (Wildman–Crippen LogP) is 16.9. The molecule has 8 aromatic carbocycles. The van der Waals surface area contributed by atoms with Crippen LogP contribution in [0.3, 0.4) is 0 Å². The Morgan fingerprint density at radius 2 is 0.701 bits per heavy atom. The third kappa shape index (κ3) is 18.3. The van der Waals surface area contributed by atoms with Crippen molar-refractivity contribution in [1.29, 1.82) is 0 Å². The van der Waals surface area contributed by atoms with Crippen LogP contribution >= 0.6 is 47.0 Å². The summed E-state index contributed by atoms with van der Waals surface area (Å²) in [5, 5.41) is 15.1. The summed E-state index contributed by atoms with van der Waals surface area (Å²) in [7, 11) is 0. The topological polar surface area (TPSA) is 228 Å². The van der Waals surface area contributed by atoms with Crippen molar-refractivity contribution in [2.24, 2.45) is 0 Å². The highest BCUT2D eigenvalue weighted by Gasteiger charge is 2.29. The van der Waals surface area contributed by atoms with Crippen molar-refractivity contribution < 1.29 is 43.1 Å². The SMILES string of the molecule is CCOCCN(CCOCC)C(=O)c1ccc(Sc2cccc3c2-c2nc-3nc3[nH]c(nc4nc(nc5[nH]c(n2)c2cccc(Sc6ccc(C(=O)N(CCOCC)CCOCC)cc6)c52)-c2c(Sc5ccc(C(O)N(CCOCC)CCOCC)cc5)cccc2-4)c2cccc(Sc4ccccc4)c32)cc1. The molecule has 8 bridgehead atoms. The summed E-state index contributed by atoms with van der Waals surface area (Å²) in [6.45, 7) is 20.6. The van der Waals surface area contributed by atoms with E-state index in [4.69, 9.17) is 58.3 Å². The van der Waals surface area contributed by atoms with Crippen molar-refractivity contribution >= 4 is 103 Å². The van der Waals surface area contributed by atoms with Gasteiger partial charge in [-0.2, -0.15) is 0 Å². The number of amides is 2. The van der Waals surface area contributed by atoms with E-state index in [1.54, 1.807) is 56.8 Å². The van der Waals surface area contributed by atoms with Gasteiger partial charge in [0.1, 0.15) is 28.8 Å². The van der Waals surface area contributed by atoms with Crippen LogP contribution < -0.4 is 0 Å². The minimum Gasteiger partial charge on any atom is -0.380 e. The van der Waals surface area contributed by atoms with Crippen LogP contribution in [-0.4, -0.2) is 190 Å². The Hall–Kier alpha value is -8.86. The van der Waals surface area contributed by atoms with E-state index in [0.717, 1.165) is 88.5 Å². The molecular formula is C83H87N11O9S4. The predicted molar refractivity (Wildman–Crippen MR) is 426 cm³/mol. The highest BCUT2D eigenvalue weighted by molar-refractivity contribution is 8.00. The maximum atomic E-state index is 14.2. The number of fused-ring (bicyclic) bond motifs is 20. The zero-order chi connectivity index (χ0) is 74.0. The number of carbonyl (C=O) groups excluding carboxylic acids is 2. The molecule has 0 fully saturated rings. The molecule has 20 nitrogen and oxygen atoms in total. The molecule has 2 amide bonds. The highest BCUT2D eigenvalue weighted by Crippen LogP contribution is 2.47. The smallest absolute Gasteiger partial charge is 0.254 e. The standard InChI is InChI=1S/C83H87N11O9S4/c1-7-98-48-42-92(43-49-99-8-2)81(95)54-30-36-58(37-31-54)105-66-27-18-24-63-70(66)78-88-75(63)87-77-69-61(22-16-26-65(69)104-57-20-14-13-15-21-57)73(85-77)84-74-62-23-17-28-67(106-59-38-32-55(33-39-59)82(96)93(44-50-100-9-3)45-51-101-10-4)71(62)79(86-74)91-80-72-64(76(89-78)90-80)25-19-29-68(72)107-60-40-34-56(35-41-60)83(97)94(46-52-102-11-5)47-53-103-12-6/h13-41,82,96H,7-12,42-53H2,1-6H3,(H2,84,85,86,87,88,89,90,91). The number of H-pyrrole nitrogens is 2. The molecule has 3 N–H and O–H groups in total. The van der Waals surface area contributed by atoms with E-state index in [-0.39, 0.29) is 11.8 Å². The number of aromatic nitrogens is 8. The van der Waals surface area contributed by atoms with Crippen molar-refractivity contribution in [2.75, 3.05) is 119 Å². The van der Waals surface area contributed by atoms with Crippen molar-refractivity contribution in [3.63, 3.8) is 0 Å². The van der Waals surface area contributed by atoms with Gasteiger partial charge in [-0.05, 0) is 144 Å². The highest BCUT2D eigenvalue weighted by atomic mass is 32.2. The molecule has 0 radical (unpaired) electrons. The molecule has 0 saturated heterocycles. The van der Waals surface area contributed by atoms with Gasteiger partial charge < -0.3 is 53.3 Å². The average molecular weight is 1510 g/mol. The summed E-state index contributed by atoms with van der Waals surface area (Å²) in [4.78, 5) is 81.9. The molecule has 11 aromatic rings. The first-order valence-electron chi connectivity index (χ1n) is 36.4. The molecule has 552 valence electrons. The normalized spacial score (nSPS) is 12.1. The largest absolute Gasteiger partial charge is 0.380 e. The zero-order valence-electron chi connectivity index (χ0n) is 60.9. The Balaban J connectivity index is 0.984. The zero-order valence-corrected chi connectivity index (χ0v) is 64.2. The molecular weight excluding hydrogens is 1420 g/mol. The first kappa shape index (κ1) is 76.3. The number of ether oxygens (including phenoxy) is 6. The second-order valence-corrected chi connectivity index (χ2v) is 29.3. The molecule has 0 spiro atoms. The first-order chi connectivity index (χ1) is 52.5. The number of hydrogen-bond acceptors (Lipinski definition) is 20. The van der Waals surface area contributed by atoms with E-state index >= 15 is 0 Å². The summed E-state index contributed by atoms with van der Waals surface area (Å²) in [5.74, 6) is 1.53. The number of carbonyl (C=O) groups is 2. The lowest BCUT2D eigenvalue weighted by Crippen LogP contribution is -2.36. The number of aliphatic hydroxyl groups excluding tert-OH is 1. The summed E-state index contributed by atoms with van der Waals surface area (Å²) < 4.78 is 34.2. The molecule has 1 atom stereocenters. The van der Waals surface area contributed by atoms with E-state index in [0.29, 0.717) is 176 Å². The Bertz CT molecular complexity index is 5020. The van der Waals surface area contributed by atoms with Crippen LogP contribution in [0, 0.1) is 0 Å². The fourth-order valence-electron chi connectivity index (χ4n) is 12.7. The molecule has 24 heteroatoms. The Labute approximate surface area is 640 Å². The number of hydrogen-bond donors (Lipinski definition) is 3.